The van der Waals surface area contributed by atoms with Crippen molar-refractivity contribution >= 4 is 5.78 Å². The molecule has 2 aliphatic heterocycles. The van der Waals surface area contributed by atoms with Crippen molar-refractivity contribution in [3.8, 4) is 23.0 Å². The first-order chi connectivity index (χ1) is 14.4. The van der Waals surface area contributed by atoms with Crippen molar-refractivity contribution in [2.24, 2.45) is 0 Å². The highest BCUT2D eigenvalue weighted by atomic mass is 16.5. The van der Waals surface area contributed by atoms with Crippen LogP contribution in [0.4, 0.5) is 0 Å². The molecule has 0 bridgehead atoms. The number of methoxy groups -OCH3 is 2. The number of benzene rings is 2. The summed E-state index contributed by atoms with van der Waals surface area (Å²) in [6, 6.07) is 6.99. The molecule has 2 aromatic carbocycles. The van der Waals surface area contributed by atoms with E-state index in [1.165, 1.54) is 7.11 Å². The molecule has 3 atom stereocenters. The number of carbonyl (C=O) groups is 1. The Morgan fingerprint density at radius 3 is 2.63 bits per heavy atom. The zero-order chi connectivity index (χ0) is 21.2. The zero-order valence-corrected chi connectivity index (χ0v) is 17.3. The molecule has 0 saturated carbocycles. The fourth-order valence-corrected chi connectivity index (χ4v) is 4.79. The van der Waals surface area contributed by atoms with Crippen LogP contribution in [-0.4, -0.2) is 37.3 Å². The molecule has 0 unspecified atom stereocenters. The van der Waals surface area contributed by atoms with Crippen molar-refractivity contribution in [1.29, 1.82) is 0 Å². The number of aryl methyl sites for hydroxylation is 1. The van der Waals surface area contributed by atoms with E-state index < -0.39 is 11.7 Å². The lowest BCUT2D eigenvalue weighted by molar-refractivity contribution is -0.0604. The lowest BCUT2D eigenvalue weighted by Gasteiger charge is -2.44. The standard InChI is InChI=1S/C24H24O6/c1-12(2)18-10-15-17(29-18)7-6-14-22(15)30-21-8-5-13-9-19(27-3)20(28-4)11-16(13)24(21,26)23(14)25/h6-7,9,11,18,21,26H,1,5,8,10H2,2-4H3/t18-,21+,24-/m1/s1. The summed E-state index contributed by atoms with van der Waals surface area (Å²) in [4.78, 5) is 13.6. The molecule has 2 heterocycles. The summed E-state index contributed by atoms with van der Waals surface area (Å²) in [6.07, 6.45) is 0.964. The van der Waals surface area contributed by atoms with Crippen LogP contribution < -0.4 is 18.9 Å². The molecule has 6 heteroatoms. The fraction of sp³-hybridized carbons (Fsp3) is 0.375. The second-order valence-corrected chi connectivity index (χ2v) is 8.18. The first-order valence-electron chi connectivity index (χ1n) is 10.1. The Balaban J connectivity index is 1.63. The second-order valence-electron chi connectivity index (χ2n) is 8.18. The summed E-state index contributed by atoms with van der Waals surface area (Å²) in [5.74, 6) is 1.92. The van der Waals surface area contributed by atoms with Crippen molar-refractivity contribution in [2.45, 2.75) is 44.0 Å². The van der Waals surface area contributed by atoms with Crippen LogP contribution in [0.3, 0.4) is 0 Å². The number of ketones is 1. The molecule has 1 aliphatic carbocycles. The summed E-state index contributed by atoms with van der Waals surface area (Å²) >= 11 is 0. The molecule has 0 radical (unpaired) electrons. The lowest BCUT2D eigenvalue weighted by atomic mass is 9.71. The molecule has 0 amide bonds. The van der Waals surface area contributed by atoms with Crippen LogP contribution in [0.25, 0.3) is 0 Å². The van der Waals surface area contributed by atoms with Crippen LogP contribution in [-0.2, 0) is 18.4 Å². The molecule has 1 N–H and O–H groups in total. The van der Waals surface area contributed by atoms with Crippen molar-refractivity contribution in [3.05, 3.63) is 58.7 Å². The van der Waals surface area contributed by atoms with E-state index in [0.29, 0.717) is 53.4 Å². The average Bonchev–Trinajstić information content (AvgIpc) is 3.19. The van der Waals surface area contributed by atoms with Gasteiger partial charge in [-0.3, -0.25) is 4.79 Å². The highest BCUT2D eigenvalue weighted by Crippen LogP contribution is 2.51. The maximum atomic E-state index is 13.6. The largest absolute Gasteiger partial charge is 0.493 e. The Hall–Kier alpha value is -2.99. The van der Waals surface area contributed by atoms with E-state index in [1.807, 2.05) is 13.0 Å². The molecule has 3 aliphatic rings. The van der Waals surface area contributed by atoms with Gasteiger partial charge in [0.05, 0.1) is 19.8 Å². The van der Waals surface area contributed by atoms with Gasteiger partial charge in [-0.2, -0.15) is 0 Å². The Morgan fingerprint density at radius 1 is 1.20 bits per heavy atom. The quantitative estimate of drug-likeness (QED) is 0.785. The second kappa shape index (κ2) is 6.51. The summed E-state index contributed by atoms with van der Waals surface area (Å²) in [7, 11) is 3.10. The molecule has 0 saturated heterocycles. The predicted octanol–water partition coefficient (Wildman–Crippen LogP) is 3.36. The van der Waals surface area contributed by atoms with Gasteiger partial charge in [-0.25, -0.2) is 0 Å². The van der Waals surface area contributed by atoms with Gasteiger partial charge in [0.25, 0.3) is 0 Å². The molecule has 0 fully saturated rings. The molecule has 5 rings (SSSR count). The van der Waals surface area contributed by atoms with Crippen molar-refractivity contribution in [1.82, 2.24) is 0 Å². The normalized spacial score (nSPS) is 25.8. The van der Waals surface area contributed by atoms with Gasteiger partial charge in [0.1, 0.15) is 23.7 Å². The maximum Gasteiger partial charge on any atom is 0.206 e. The van der Waals surface area contributed by atoms with E-state index in [4.69, 9.17) is 18.9 Å². The molecular weight excluding hydrogens is 384 g/mol. The number of rotatable bonds is 3. The van der Waals surface area contributed by atoms with Crippen LogP contribution in [0.1, 0.15) is 40.4 Å². The van der Waals surface area contributed by atoms with E-state index in [-0.39, 0.29) is 11.9 Å². The first-order valence-corrected chi connectivity index (χ1v) is 10.1. The third-order valence-electron chi connectivity index (χ3n) is 6.44. The maximum absolute atomic E-state index is 13.6. The molecule has 30 heavy (non-hydrogen) atoms. The Kier molecular flexibility index (Phi) is 4.12. The van der Waals surface area contributed by atoms with Crippen LogP contribution in [0.5, 0.6) is 23.0 Å². The monoisotopic (exact) mass is 408 g/mol. The summed E-state index contributed by atoms with van der Waals surface area (Å²) in [6.45, 7) is 5.91. The topological polar surface area (TPSA) is 74.2 Å². The van der Waals surface area contributed by atoms with Crippen molar-refractivity contribution < 1.29 is 28.8 Å². The number of fused-ring (bicyclic) bond motifs is 6. The summed E-state index contributed by atoms with van der Waals surface area (Å²) in [5.41, 5.74) is 1.77. The van der Waals surface area contributed by atoms with Crippen LogP contribution in [0, 0.1) is 0 Å². The molecule has 156 valence electrons. The number of carbonyl (C=O) groups excluding carboxylic acids is 1. The number of aliphatic hydroxyl groups is 1. The van der Waals surface area contributed by atoms with Gasteiger partial charge in [0.15, 0.2) is 17.1 Å². The third kappa shape index (κ3) is 2.43. The van der Waals surface area contributed by atoms with Crippen LogP contribution >= 0.6 is 0 Å². The van der Waals surface area contributed by atoms with E-state index >= 15 is 0 Å². The summed E-state index contributed by atoms with van der Waals surface area (Å²) in [5, 5.41) is 11.7. The van der Waals surface area contributed by atoms with Crippen LogP contribution in [0.15, 0.2) is 36.4 Å². The molecule has 0 aromatic heterocycles. The minimum absolute atomic E-state index is 0.130. The molecule has 6 nitrogen and oxygen atoms in total. The number of hydrogen-bond donors (Lipinski definition) is 1. The van der Waals surface area contributed by atoms with Gasteiger partial charge in [0.2, 0.25) is 5.78 Å². The molecular formula is C24H24O6. The molecule has 0 spiro atoms. The molecule has 2 aromatic rings. The van der Waals surface area contributed by atoms with Gasteiger partial charge < -0.3 is 24.1 Å². The van der Waals surface area contributed by atoms with E-state index in [1.54, 1.807) is 25.3 Å². The SMILES string of the molecule is C=C(C)[C@H]1Cc2c(ccc3c2O[C@H]2CCc4cc(OC)c(OC)cc4[C@]2(O)C3=O)O1. The van der Waals surface area contributed by atoms with Gasteiger partial charge in [-0.05, 0) is 55.2 Å². The van der Waals surface area contributed by atoms with Gasteiger partial charge in [0, 0.05) is 17.5 Å². The Morgan fingerprint density at radius 2 is 1.93 bits per heavy atom. The van der Waals surface area contributed by atoms with Crippen molar-refractivity contribution in [2.75, 3.05) is 14.2 Å². The van der Waals surface area contributed by atoms with Gasteiger partial charge >= 0.3 is 0 Å². The highest BCUT2D eigenvalue weighted by Gasteiger charge is 2.55. The third-order valence-corrected chi connectivity index (χ3v) is 6.44. The number of hydrogen-bond acceptors (Lipinski definition) is 6. The van der Waals surface area contributed by atoms with Crippen LogP contribution in [0.2, 0.25) is 0 Å². The minimum atomic E-state index is -1.78. The highest BCUT2D eigenvalue weighted by molar-refractivity contribution is 6.07. The zero-order valence-electron chi connectivity index (χ0n) is 17.3. The van der Waals surface area contributed by atoms with E-state index in [0.717, 1.165) is 16.7 Å². The number of Topliss-reactive ketones (excluding diaryl/α,β-unsaturated/α-hetero) is 1. The predicted molar refractivity (Wildman–Crippen MR) is 110 cm³/mol. The summed E-state index contributed by atoms with van der Waals surface area (Å²) < 4.78 is 23.1. The van der Waals surface area contributed by atoms with E-state index in [2.05, 4.69) is 6.58 Å². The first kappa shape index (κ1) is 19.0. The van der Waals surface area contributed by atoms with Gasteiger partial charge in [-0.1, -0.05) is 6.58 Å². The Labute approximate surface area is 175 Å². The van der Waals surface area contributed by atoms with E-state index in [9.17, 15) is 9.90 Å². The Bertz CT molecular complexity index is 1090. The number of ether oxygens (including phenoxy) is 4. The minimum Gasteiger partial charge on any atom is -0.493 e. The fourth-order valence-electron chi connectivity index (χ4n) is 4.79. The van der Waals surface area contributed by atoms with Crippen molar-refractivity contribution in [3.63, 3.8) is 0 Å². The smallest absolute Gasteiger partial charge is 0.206 e. The van der Waals surface area contributed by atoms with Gasteiger partial charge in [-0.15, -0.1) is 0 Å². The average molecular weight is 408 g/mol. The lowest BCUT2D eigenvalue weighted by Crippen LogP contribution is -2.55.